The van der Waals surface area contributed by atoms with Crippen molar-refractivity contribution in [2.45, 2.75) is 26.9 Å². The summed E-state index contributed by atoms with van der Waals surface area (Å²) in [6, 6.07) is 10.1. The predicted octanol–water partition coefficient (Wildman–Crippen LogP) is 2.47. The zero-order valence-corrected chi connectivity index (χ0v) is 18.1. The Balaban J connectivity index is 1.86. The first-order valence-electron chi connectivity index (χ1n) is 10.4. The summed E-state index contributed by atoms with van der Waals surface area (Å²) in [6.07, 6.45) is 5.61. The van der Waals surface area contributed by atoms with Gasteiger partial charge < -0.3 is 15.2 Å². The molecule has 1 aromatic carbocycles. The lowest BCUT2D eigenvalue weighted by atomic mass is 10.1. The number of anilines is 1. The number of hydrogen-bond donors (Lipinski definition) is 1. The zero-order chi connectivity index (χ0) is 22.0. The van der Waals surface area contributed by atoms with Crippen LogP contribution in [0.4, 0.5) is 5.95 Å². The van der Waals surface area contributed by atoms with Crippen LogP contribution in [0.5, 0.6) is 0 Å². The zero-order valence-electron chi connectivity index (χ0n) is 18.1. The van der Waals surface area contributed by atoms with Crippen LogP contribution in [0.15, 0.2) is 53.5 Å². The highest BCUT2D eigenvalue weighted by atomic mass is 16.1. The maximum absolute atomic E-state index is 13.5. The summed E-state index contributed by atoms with van der Waals surface area (Å²) in [5.74, 6) is 0.703. The molecule has 3 aromatic heterocycles. The van der Waals surface area contributed by atoms with Gasteiger partial charge in [-0.2, -0.15) is 5.10 Å². The van der Waals surface area contributed by atoms with Crippen LogP contribution in [-0.4, -0.2) is 44.5 Å². The number of likely N-dealkylation sites (N-methyl/N-ethyl adjacent to an activating group) is 1. The van der Waals surface area contributed by atoms with Crippen molar-refractivity contribution in [2.75, 3.05) is 25.0 Å². The molecule has 160 valence electrons. The van der Waals surface area contributed by atoms with Crippen LogP contribution in [0.25, 0.3) is 21.8 Å². The van der Waals surface area contributed by atoms with Crippen LogP contribution in [0.3, 0.4) is 0 Å². The molecular weight excluding hydrogens is 390 g/mol. The van der Waals surface area contributed by atoms with E-state index in [0.29, 0.717) is 43.2 Å². The van der Waals surface area contributed by atoms with Gasteiger partial charge in [0.25, 0.3) is 5.56 Å². The third kappa shape index (κ3) is 3.94. The van der Waals surface area contributed by atoms with Crippen LogP contribution < -0.4 is 16.2 Å². The first-order chi connectivity index (χ1) is 15.0. The van der Waals surface area contributed by atoms with Gasteiger partial charge in [0.05, 0.1) is 18.4 Å². The van der Waals surface area contributed by atoms with Crippen LogP contribution in [0.1, 0.15) is 18.3 Å². The molecule has 4 rings (SSSR count). The molecule has 0 saturated carbocycles. The standard InChI is InChI=1S/C23H27N7O/c1-4-5-11-29-21-19(27-23(29)28(3)12-10-24)14-25-30(22(21)31)15-20-18-9-7-6-8-17(18)13-16(2)26-20/h4-9,13-14H,10-12,15,24H2,1-3H3. The molecule has 2 N–H and O–H groups in total. The maximum Gasteiger partial charge on any atom is 0.293 e. The lowest BCUT2D eigenvalue weighted by Crippen LogP contribution is -2.29. The summed E-state index contributed by atoms with van der Waals surface area (Å²) in [5, 5.41) is 6.53. The lowest BCUT2D eigenvalue weighted by molar-refractivity contribution is 0.633. The summed E-state index contributed by atoms with van der Waals surface area (Å²) >= 11 is 0. The quantitative estimate of drug-likeness (QED) is 0.464. The summed E-state index contributed by atoms with van der Waals surface area (Å²) in [4.78, 5) is 24.8. The molecule has 0 aliphatic carbocycles. The molecule has 31 heavy (non-hydrogen) atoms. The van der Waals surface area contributed by atoms with Gasteiger partial charge in [0.1, 0.15) is 11.0 Å². The first-order valence-corrected chi connectivity index (χ1v) is 10.4. The van der Waals surface area contributed by atoms with E-state index in [0.717, 1.165) is 22.2 Å². The van der Waals surface area contributed by atoms with E-state index in [9.17, 15) is 4.79 Å². The van der Waals surface area contributed by atoms with E-state index >= 15 is 0 Å². The Morgan fingerprint density at radius 3 is 2.81 bits per heavy atom. The van der Waals surface area contributed by atoms with Gasteiger partial charge in [-0.3, -0.25) is 9.78 Å². The third-order valence-corrected chi connectivity index (χ3v) is 5.31. The number of allylic oxidation sites excluding steroid dienone is 2. The third-order valence-electron chi connectivity index (χ3n) is 5.31. The number of hydrogen-bond acceptors (Lipinski definition) is 6. The second kappa shape index (κ2) is 8.69. The minimum atomic E-state index is -0.186. The number of nitrogens with zero attached hydrogens (tertiary/aromatic N) is 6. The van der Waals surface area contributed by atoms with E-state index in [-0.39, 0.29) is 5.56 Å². The first kappa shape index (κ1) is 20.7. The van der Waals surface area contributed by atoms with E-state index in [4.69, 9.17) is 10.7 Å². The van der Waals surface area contributed by atoms with Gasteiger partial charge in [-0.25, -0.2) is 9.67 Å². The van der Waals surface area contributed by atoms with Gasteiger partial charge in [0.2, 0.25) is 5.95 Å². The molecule has 4 aromatic rings. The Kier molecular flexibility index (Phi) is 5.81. The van der Waals surface area contributed by atoms with Gasteiger partial charge in [0, 0.05) is 37.8 Å². The Morgan fingerprint density at radius 2 is 2.03 bits per heavy atom. The number of nitrogens with two attached hydrogens (primary N) is 1. The molecule has 0 atom stereocenters. The molecule has 0 fully saturated rings. The second-order valence-electron chi connectivity index (χ2n) is 7.57. The molecular formula is C23H27N7O. The van der Waals surface area contributed by atoms with Gasteiger partial charge >= 0.3 is 0 Å². The molecule has 0 spiro atoms. The largest absolute Gasteiger partial charge is 0.344 e. The van der Waals surface area contributed by atoms with Crippen molar-refractivity contribution < 1.29 is 0 Å². The van der Waals surface area contributed by atoms with Crippen molar-refractivity contribution >= 4 is 27.8 Å². The van der Waals surface area contributed by atoms with Gasteiger partial charge in [-0.1, -0.05) is 36.4 Å². The molecule has 0 amide bonds. The fourth-order valence-electron chi connectivity index (χ4n) is 3.83. The molecule has 0 aliphatic rings. The lowest BCUT2D eigenvalue weighted by Gasteiger charge is -2.18. The number of imidazole rings is 1. The van der Waals surface area contributed by atoms with Crippen LogP contribution in [-0.2, 0) is 13.1 Å². The predicted molar refractivity (Wildman–Crippen MR) is 125 cm³/mol. The van der Waals surface area contributed by atoms with E-state index in [1.165, 1.54) is 4.68 Å². The highest BCUT2D eigenvalue weighted by molar-refractivity contribution is 5.85. The van der Waals surface area contributed by atoms with Crippen molar-refractivity contribution in [3.8, 4) is 0 Å². The van der Waals surface area contributed by atoms with E-state index < -0.39 is 0 Å². The molecule has 0 saturated heterocycles. The molecule has 3 heterocycles. The Bertz CT molecular complexity index is 1320. The average molecular weight is 418 g/mol. The topological polar surface area (TPSA) is 94.9 Å². The second-order valence-corrected chi connectivity index (χ2v) is 7.57. The Morgan fingerprint density at radius 1 is 1.23 bits per heavy atom. The highest BCUT2D eigenvalue weighted by Crippen LogP contribution is 2.21. The highest BCUT2D eigenvalue weighted by Gasteiger charge is 2.18. The van der Waals surface area contributed by atoms with Crippen molar-refractivity contribution in [3.63, 3.8) is 0 Å². The molecule has 8 heteroatoms. The van der Waals surface area contributed by atoms with Crippen molar-refractivity contribution in [1.82, 2.24) is 24.3 Å². The van der Waals surface area contributed by atoms with Crippen LogP contribution in [0, 0.1) is 6.92 Å². The molecule has 0 bridgehead atoms. The number of fused-ring (bicyclic) bond motifs is 2. The summed E-state index contributed by atoms with van der Waals surface area (Å²) in [6.45, 7) is 5.89. The summed E-state index contributed by atoms with van der Waals surface area (Å²) < 4.78 is 3.39. The van der Waals surface area contributed by atoms with Gasteiger partial charge in [0.15, 0.2) is 0 Å². The fourth-order valence-corrected chi connectivity index (χ4v) is 3.83. The van der Waals surface area contributed by atoms with Crippen molar-refractivity contribution in [3.05, 3.63) is 70.4 Å². The number of benzene rings is 1. The summed E-state index contributed by atoms with van der Waals surface area (Å²) in [5.41, 5.74) is 8.38. The van der Waals surface area contributed by atoms with Crippen LogP contribution >= 0.6 is 0 Å². The average Bonchev–Trinajstić information content (AvgIpc) is 3.13. The number of aromatic nitrogens is 5. The summed E-state index contributed by atoms with van der Waals surface area (Å²) in [7, 11) is 1.93. The normalized spacial score (nSPS) is 11.7. The maximum atomic E-state index is 13.5. The Hall–Kier alpha value is -3.52. The Labute approximate surface area is 180 Å². The van der Waals surface area contributed by atoms with Crippen LogP contribution in [0.2, 0.25) is 0 Å². The SMILES string of the molecule is CC=CCn1c(N(C)CCN)nc2cnn(Cc3nc(C)cc4ccccc34)c(=O)c21. The van der Waals surface area contributed by atoms with Crippen molar-refractivity contribution in [1.29, 1.82) is 0 Å². The monoisotopic (exact) mass is 417 g/mol. The number of aryl methyl sites for hydroxylation is 1. The van der Waals surface area contributed by atoms with E-state index in [1.807, 2.05) is 66.8 Å². The molecule has 0 radical (unpaired) electrons. The van der Waals surface area contributed by atoms with Crippen molar-refractivity contribution in [2.24, 2.45) is 5.73 Å². The van der Waals surface area contributed by atoms with E-state index in [1.54, 1.807) is 6.20 Å². The minimum Gasteiger partial charge on any atom is -0.344 e. The van der Waals surface area contributed by atoms with E-state index in [2.05, 4.69) is 16.1 Å². The molecule has 0 unspecified atom stereocenters. The smallest absolute Gasteiger partial charge is 0.293 e. The minimum absolute atomic E-state index is 0.186. The van der Waals surface area contributed by atoms with Gasteiger partial charge in [-0.05, 0) is 25.3 Å². The fraction of sp³-hybridized carbons (Fsp3) is 0.304. The molecule has 8 nitrogen and oxygen atoms in total. The molecule has 0 aliphatic heterocycles. The van der Waals surface area contributed by atoms with Gasteiger partial charge in [-0.15, -0.1) is 0 Å². The number of rotatable bonds is 7. The number of pyridine rings is 1.